The number of carbonyl (C=O) groups is 1. The van der Waals surface area contributed by atoms with Crippen LogP contribution in [0.1, 0.15) is 6.92 Å². The molecule has 7 heteroatoms. The fourth-order valence-corrected chi connectivity index (χ4v) is 0.934. The highest BCUT2D eigenvalue weighted by molar-refractivity contribution is 7.51. The van der Waals surface area contributed by atoms with Gasteiger partial charge in [0.15, 0.2) is 0 Å². The standard InChI is InChI=1S/C5H12NO5P/c1-4(5(7)8)6-2-3-12(9,10)11/h4,6H,2-3H2,1H3,(H,7,8)(H2,9,10,11)/t4-/m0/s1. The second-order valence-corrected chi connectivity index (χ2v) is 4.18. The number of rotatable bonds is 5. The van der Waals surface area contributed by atoms with Gasteiger partial charge in [-0.25, -0.2) is 0 Å². The molecule has 0 spiro atoms. The molecule has 0 bridgehead atoms. The maximum absolute atomic E-state index is 10.3. The monoisotopic (exact) mass is 197 g/mol. The van der Waals surface area contributed by atoms with Gasteiger partial charge in [-0.1, -0.05) is 0 Å². The molecular weight excluding hydrogens is 185 g/mol. The van der Waals surface area contributed by atoms with Crippen LogP contribution in [0.5, 0.6) is 0 Å². The fraction of sp³-hybridized carbons (Fsp3) is 0.800. The van der Waals surface area contributed by atoms with Crippen molar-refractivity contribution in [1.29, 1.82) is 0 Å². The molecule has 0 aliphatic carbocycles. The van der Waals surface area contributed by atoms with Crippen molar-refractivity contribution in [2.75, 3.05) is 12.7 Å². The maximum Gasteiger partial charge on any atom is 0.326 e. The highest BCUT2D eigenvalue weighted by Crippen LogP contribution is 2.32. The summed E-state index contributed by atoms with van der Waals surface area (Å²) in [6.07, 6.45) is -0.343. The van der Waals surface area contributed by atoms with E-state index in [0.29, 0.717) is 0 Å². The van der Waals surface area contributed by atoms with Gasteiger partial charge in [0.05, 0.1) is 6.16 Å². The van der Waals surface area contributed by atoms with Gasteiger partial charge in [-0.15, -0.1) is 0 Å². The zero-order valence-electron chi connectivity index (χ0n) is 6.60. The van der Waals surface area contributed by atoms with Crippen molar-refractivity contribution < 1.29 is 24.3 Å². The van der Waals surface area contributed by atoms with Gasteiger partial charge in [-0.2, -0.15) is 0 Å². The van der Waals surface area contributed by atoms with Crippen molar-refractivity contribution in [3.05, 3.63) is 0 Å². The van der Waals surface area contributed by atoms with Crippen molar-refractivity contribution >= 4 is 13.6 Å². The number of hydrogen-bond acceptors (Lipinski definition) is 3. The maximum atomic E-state index is 10.3. The number of carboxylic acids is 1. The summed E-state index contributed by atoms with van der Waals surface area (Å²) in [7, 11) is -4.01. The highest BCUT2D eigenvalue weighted by atomic mass is 31.2. The smallest absolute Gasteiger partial charge is 0.326 e. The Morgan fingerprint density at radius 3 is 2.42 bits per heavy atom. The molecule has 0 heterocycles. The first-order valence-corrected chi connectivity index (χ1v) is 5.13. The molecule has 0 rings (SSSR count). The Morgan fingerprint density at radius 1 is 1.58 bits per heavy atom. The van der Waals surface area contributed by atoms with Crippen LogP contribution in [0.3, 0.4) is 0 Å². The molecule has 0 unspecified atom stereocenters. The van der Waals surface area contributed by atoms with Crippen LogP contribution in [0.4, 0.5) is 0 Å². The molecule has 0 aliphatic heterocycles. The lowest BCUT2D eigenvalue weighted by Crippen LogP contribution is -2.35. The van der Waals surface area contributed by atoms with E-state index in [1.54, 1.807) is 0 Å². The molecule has 4 N–H and O–H groups in total. The van der Waals surface area contributed by atoms with E-state index in [9.17, 15) is 9.36 Å². The van der Waals surface area contributed by atoms with Crippen LogP contribution < -0.4 is 5.32 Å². The topological polar surface area (TPSA) is 107 Å². The lowest BCUT2D eigenvalue weighted by atomic mass is 10.3. The van der Waals surface area contributed by atoms with Crippen molar-refractivity contribution in [1.82, 2.24) is 5.32 Å². The molecule has 72 valence electrons. The Bertz CT molecular complexity index is 200. The molecule has 0 saturated heterocycles. The van der Waals surface area contributed by atoms with E-state index in [2.05, 4.69) is 5.32 Å². The van der Waals surface area contributed by atoms with Crippen LogP contribution in [0.15, 0.2) is 0 Å². The lowest BCUT2D eigenvalue weighted by Gasteiger charge is -2.08. The van der Waals surface area contributed by atoms with Crippen LogP contribution in [0.25, 0.3) is 0 Å². The molecule has 0 fully saturated rings. The van der Waals surface area contributed by atoms with Crippen LogP contribution in [0.2, 0.25) is 0 Å². The van der Waals surface area contributed by atoms with E-state index in [4.69, 9.17) is 14.9 Å². The summed E-state index contributed by atoms with van der Waals surface area (Å²) in [6, 6.07) is -0.781. The van der Waals surface area contributed by atoms with Gasteiger partial charge in [-0.05, 0) is 6.92 Å². The fourth-order valence-electron chi connectivity index (χ4n) is 0.514. The van der Waals surface area contributed by atoms with Gasteiger partial charge < -0.3 is 20.2 Å². The van der Waals surface area contributed by atoms with Gasteiger partial charge in [0.2, 0.25) is 0 Å². The third kappa shape index (κ3) is 6.30. The van der Waals surface area contributed by atoms with E-state index < -0.39 is 19.6 Å². The first-order chi connectivity index (χ1) is 5.33. The lowest BCUT2D eigenvalue weighted by molar-refractivity contribution is -0.138. The van der Waals surface area contributed by atoms with E-state index in [-0.39, 0.29) is 12.7 Å². The number of carboxylic acid groups (broad SMARTS) is 1. The average Bonchev–Trinajstić information content (AvgIpc) is 1.84. The first kappa shape index (κ1) is 11.6. The summed E-state index contributed by atoms with van der Waals surface area (Å²) in [5.74, 6) is -1.04. The first-order valence-electron chi connectivity index (χ1n) is 3.33. The predicted octanol–water partition coefficient (Wildman–Crippen LogP) is -0.773. The molecule has 1 atom stereocenters. The Kier molecular flexibility index (Phi) is 4.41. The zero-order chi connectivity index (χ0) is 9.78. The Morgan fingerprint density at radius 2 is 2.08 bits per heavy atom. The van der Waals surface area contributed by atoms with Crippen LogP contribution in [-0.4, -0.2) is 39.6 Å². The molecule has 12 heavy (non-hydrogen) atoms. The van der Waals surface area contributed by atoms with E-state index in [0.717, 1.165) is 0 Å². The second-order valence-electron chi connectivity index (χ2n) is 2.40. The normalized spacial score (nSPS) is 14.2. The van der Waals surface area contributed by atoms with Crippen molar-refractivity contribution in [3.8, 4) is 0 Å². The third-order valence-corrected chi connectivity index (χ3v) is 2.03. The van der Waals surface area contributed by atoms with Gasteiger partial charge in [0, 0.05) is 6.54 Å². The SMILES string of the molecule is C[C@H](NCCP(=O)(O)O)C(=O)O. The highest BCUT2D eigenvalue weighted by Gasteiger charge is 2.14. The average molecular weight is 197 g/mol. The summed E-state index contributed by atoms with van der Waals surface area (Å²) >= 11 is 0. The van der Waals surface area contributed by atoms with Crippen LogP contribution >= 0.6 is 7.60 Å². The molecule has 0 aromatic rings. The van der Waals surface area contributed by atoms with Gasteiger partial charge in [0.25, 0.3) is 0 Å². The summed E-state index contributed by atoms with van der Waals surface area (Å²) in [5.41, 5.74) is 0. The second kappa shape index (κ2) is 4.57. The van der Waals surface area contributed by atoms with Crippen molar-refractivity contribution in [2.45, 2.75) is 13.0 Å². The van der Waals surface area contributed by atoms with Crippen molar-refractivity contribution in [3.63, 3.8) is 0 Å². The molecule has 0 aliphatic rings. The summed E-state index contributed by atoms with van der Waals surface area (Å²) in [5, 5.41) is 10.8. The van der Waals surface area contributed by atoms with E-state index in [1.807, 2.05) is 0 Å². The molecule has 0 radical (unpaired) electrons. The zero-order valence-corrected chi connectivity index (χ0v) is 7.49. The number of nitrogens with one attached hydrogen (secondary N) is 1. The molecule has 0 saturated carbocycles. The van der Waals surface area contributed by atoms with E-state index >= 15 is 0 Å². The molecule has 0 amide bonds. The largest absolute Gasteiger partial charge is 0.480 e. The van der Waals surface area contributed by atoms with Crippen LogP contribution in [-0.2, 0) is 9.36 Å². The van der Waals surface area contributed by atoms with Gasteiger partial charge in [-0.3, -0.25) is 9.36 Å². The molecule has 0 aromatic carbocycles. The Hall–Kier alpha value is -0.420. The van der Waals surface area contributed by atoms with Crippen LogP contribution in [0, 0.1) is 0 Å². The third-order valence-electron chi connectivity index (χ3n) is 1.22. The molecule has 6 nitrogen and oxygen atoms in total. The quantitative estimate of drug-likeness (QED) is 0.431. The Labute approximate surface area is 69.8 Å². The van der Waals surface area contributed by atoms with Gasteiger partial charge >= 0.3 is 13.6 Å². The predicted molar refractivity (Wildman–Crippen MR) is 42.0 cm³/mol. The number of aliphatic carboxylic acids is 1. The minimum atomic E-state index is -4.01. The Balaban J connectivity index is 3.58. The molecule has 0 aromatic heterocycles. The summed E-state index contributed by atoms with van der Waals surface area (Å²) in [6.45, 7) is 1.40. The summed E-state index contributed by atoms with van der Waals surface area (Å²) < 4.78 is 10.3. The minimum Gasteiger partial charge on any atom is -0.480 e. The molecular formula is C5H12NO5P. The van der Waals surface area contributed by atoms with Gasteiger partial charge in [0.1, 0.15) is 6.04 Å². The number of hydrogen-bond donors (Lipinski definition) is 4. The summed E-state index contributed by atoms with van der Waals surface area (Å²) in [4.78, 5) is 27.0. The minimum absolute atomic E-state index is 0.00224. The van der Waals surface area contributed by atoms with Crippen molar-refractivity contribution in [2.24, 2.45) is 0 Å². The van der Waals surface area contributed by atoms with E-state index in [1.165, 1.54) is 6.92 Å².